The van der Waals surface area contributed by atoms with Crippen LogP contribution >= 0.6 is 0 Å². The Balaban J connectivity index is 1.45. The SMILES string of the molecule is COCc1ccc(OC(NC(=O)c2ccc(OCCCCc3ccccc3)cc2)C(=O)O)cc1. The second-order valence-corrected chi connectivity index (χ2v) is 7.70. The van der Waals surface area contributed by atoms with Gasteiger partial charge in [-0.1, -0.05) is 42.5 Å². The predicted molar refractivity (Wildman–Crippen MR) is 128 cm³/mol. The average molecular weight is 464 g/mol. The number of rotatable bonds is 13. The molecule has 0 aliphatic rings. The first-order valence-corrected chi connectivity index (χ1v) is 11.1. The summed E-state index contributed by atoms with van der Waals surface area (Å²) in [6.07, 6.45) is 1.42. The Kier molecular flexibility index (Phi) is 9.49. The summed E-state index contributed by atoms with van der Waals surface area (Å²) in [6.45, 7) is 1.02. The number of hydrogen-bond donors (Lipinski definition) is 2. The van der Waals surface area contributed by atoms with Crippen molar-refractivity contribution in [1.82, 2.24) is 5.32 Å². The van der Waals surface area contributed by atoms with Gasteiger partial charge in [0.2, 0.25) is 0 Å². The number of aliphatic carboxylic acids is 1. The van der Waals surface area contributed by atoms with E-state index in [1.807, 2.05) is 18.2 Å². The van der Waals surface area contributed by atoms with E-state index in [1.165, 1.54) is 5.56 Å². The van der Waals surface area contributed by atoms with E-state index < -0.39 is 18.1 Å². The summed E-state index contributed by atoms with van der Waals surface area (Å²) in [5.74, 6) is -0.885. The molecule has 0 bridgehead atoms. The van der Waals surface area contributed by atoms with Gasteiger partial charge in [-0.15, -0.1) is 0 Å². The van der Waals surface area contributed by atoms with Crippen LogP contribution in [0.1, 0.15) is 34.3 Å². The third kappa shape index (κ3) is 7.94. The Morgan fingerprint density at radius 1 is 0.853 bits per heavy atom. The van der Waals surface area contributed by atoms with Crippen molar-refractivity contribution < 1.29 is 28.9 Å². The molecule has 1 atom stereocenters. The standard InChI is InChI=1S/C27H29NO6/c1-32-19-21-10-14-24(15-11-21)34-26(27(30)31)28-25(29)22-12-16-23(17-13-22)33-18-6-5-9-20-7-3-2-4-8-20/h2-4,7-8,10-17,26H,5-6,9,18-19H2,1H3,(H,28,29)(H,30,31). The van der Waals surface area contributed by atoms with Crippen molar-refractivity contribution in [2.75, 3.05) is 13.7 Å². The van der Waals surface area contributed by atoms with Crippen LogP contribution in [-0.2, 0) is 22.6 Å². The third-order valence-corrected chi connectivity index (χ3v) is 5.06. The molecule has 0 saturated carbocycles. The van der Waals surface area contributed by atoms with Crippen LogP contribution in [0.3, 0.4) is 0 Å². The summed E-state index contributed by atoms with van der Waals surface area (Å²) in [7, 11) is 1.59. The first-order chi connectivity index (χ1) is 16.5. The van der Waals surface area contributed by atoms with Crippen molar-refractivity contribution >= 4 is 11.9 Å². The summed E-state index contributed by atoms with van der Waals surface area (Å²) < 4.78 is 16.2. The lowest BCUT2D eigenvalue weighted by Gasteiger charge is -2.17. The second-order valence-electron chi connectivity index (χ2n) is 7.70. The molecule has 1 amide bonds. The van der Waals surface area contributed by atoms with Crippen molar-refractivity contribution in [2.24, 2.45) is 0 Å². The molecule has 0 aliphatic heterocycles. The zero-order valence-corrected chi connectivity index (χ0v) is 19.1. The molecule has 3 rings (SSSR count). The van der Waals surface area contributed by atoms with E-state index in [0.717, 1.165) is 24.8 Å². The molecule has 3 aromatic carbocycles. The summed E-state index contributed by atoms with van der Waals surface area (Å²) in [5, 5.41) is 11.8. The number of carboxylic acid groups (broad SMARTS) is 1. The lowest BCUT2D eigenvalue weighted by Crippen LogP contribution is -2.44. The highest BCUT2D eigenvalue weighted by atomic mass is 16.5. The largest absolute Gasteiger partial charge is 0.494 e. The van der Waals surface area contributed by atoms with Gasteiger partial charge >= 0.3 is 5.97 Å². The van der Waals surface area contributed by atoms with Crippen molar-refractivity contribution in [3.05, 3.63) is 95.6 Å². The fourth-order valence-electron chi connectivity index (χ4n) is 3.28. The molecule has 0 saturated heterocycles. The van der Waals surface area contributed by atoms with Gasteiger partial charge in [0.05, 0.1) is 13.2 Å². The molecule has 0 spiro atoms. The van der Waals surface area contributed by atoms with Gasteiger partial charge < -0.3 is 24.6 Å². The van der Waals surface area contributed by atoms with Crippen LogP contribution in [0.15, 0.2) is 78.9 Å². The average Bonchev–Trinajstić information content (AvgIpc) is 2.85. The molecule has 0 heterocycles. The van der Waals surface area contributed by atoms with E-state index >= 15 is 0 Å². The topological polar surface area (TPSA) is 94.1 Å². The quantitative estimate of drug-likeness (QED) is 0.287. The number of ether oxygens (including phenoxy) is 3. The maximum absolute atomic E-state index is 12.5. The fraction of sp³-hybridized carbons (Fsp3) is 0.259. The van der Waals surface area contributed by atoms with Crippen LogP contribution in [0.2, 0.25) is 0 Å². The Labute approximate surface area is 199 Å². The molecule has 7 heteroatoms. The monoisotopic (exact) mass is 463 g/mol. The minimum atomic E-state index is -1.53. The molecule has 2 N–H and O–H groups in total. The Hall–Kier alpha value is -3.84. The summed E-state index contributed by atoms with van der Waals surface area (Å²) in [4.78, 5) is 24.1. The highest BCUT2D eigenvalue weighted by Crippen LogP contribution is 2.16. The van der Waals surface area contributed by atoms with Crippen molar-refractivity contribution in [3.63, 3.8) is 0 Å². The van der Waals surface area contributed by atoms with Crippen molar-refractivity contribution in [2.45, 2.75) is 32.1 Å². The Morgan fingerprint density at radius 3 is 2.18 bits per heavy atom. The molecule has 0 radical (unpaired) electrons. The molecule has 1 unspecified atom stereocenters. The van der Waals surface area contributed by atoms with Crippen LogP contribution in [0, 0.1) is 0 Å². The van der Waals surface area contributed by atoms with Crippen LogP contribution < -0.4 is 14.8 Å². The van der Waals surface area contributed by atoms with E-state index in [9.17, 15) is 14.7 Å². The fourth-order valence-corrected chi connectivity index (χ4v) is 3.28. The molecular formula is C27H29NO6. The second kappa shape index (κ2) is 13.0. The van der Waals surface area contributed by atoms with Crippen LogP contribution in [0.25, 0.3) is 0 Å². The molecule has 0 aliphatic carbocycles. The number of carboxylic acids is 1. The first-order valence-electron chi connectivity index (χ1n) is 11.1. The maximum atomic E-state index is 12.5. The number of unbranched alkanes of at least 4 members (excludes halogenated alkanes) is 1. The lowest BCUT2D eigenvalue weighted by atomic mass is 10.1. The van der Waals surface area contributed by atoms with Gasteiger partial charge in [0.1, 0.15) is 11.5 Å². The molecule has 7 nitrogen and oxygen atoms in total. The lowest BCUT2D eigenvalue weighted by molar-refractivity contribution is -0.146. The summed E-state index contributed by atoms with van der Waals surface area (Å²) >= 11 is 0. The molecule has 178 valence electrons. The van der Waals surface area contributed by atoms with Gasteiger partial charge in [-0.3, -0.25) is 4.79 Å². The zero-order chi connectivity index (χ0) is 24.2. The Bertz CT molecular complexity index is 1030. The van der Waals surface area contributed by atoms with Gasteiger partial charge in [0, 0.05) is 12.7 Å². The predicted octanol–water partition coefficient (Wildman–Crippen LogP) is 4.45. The van der Waals surface area contributed by atoms with E-state index in [2.05, 4.69) is 17.4 Å². The Morgan fingerprint density at radius 2 is 1.53 bits per heavy atom. The number of methoxy groups -OCH3 is 1. The van der Waals surface area contributed by atoms with Gasteiger partial charge in [0.15, 0.2) is 0 Å². The van der Waals surface area contributed by atoms with Gasteiger partial charge in [-0.25, -0.2) is 4.79 Å². The number of benzene rings is 3. The highest BCUT2D eigenvalue weighted by Gasteiger charge is 2.22. The van der Waals surface area contributed by atoms with Crippen LogP contribution in [0.4, 0.5) is 0 Å². The molecule has 34 heavy (non-hydrogen) atoms. The molecule has 0 fully saturated rings. The molecule has 3 aromatic rings. The van der Waals surface area contributed by atoms with Crippen molar-refractivity contribution in [1.29, 1.82) is 0 Å². The normalized spacial score (nSPS) is 11.4. The van der Waals surface area contributed by atoms with Gasteiger partial charge in [-0.05, 0) is 66.8 Å². The zero-order valence-electron chi connectivity index (χ0n) is 19.1. The number of carbonyl (C=O) groups is 2. The minimum Gasteiger partial charge on any atom is -0.494 e. The van der Waals surface area contributed by atoms with Gasteiger partial charge in [-0.2, -0.15) is 0 Å². The summed E-state index contributed by atoms with van der Waals surface area (Å²) in [6, 6.07) is 23.7. The number of hydrogen-bond acceptors (Lipinski definition) is 5. The van der Waals surface area contributed by atoms with E-state index in [4.69, 9.17) is 14.2 Å². The van der Waals surface area contributed by atoms with Crippen LogP contribution in [-0.4, -0.2) is 36.9 Å². The van der Waals surface area contributed by atoms with E-state index in [1.54, 1.807) is 55.6 Å². The summed E-state index contributed by atoms with van der Waals surface area (Å²) in [5.41, 5.74) is 2.54. The highest BCUT2D eigenvalue weighted by molar-refractivity contribution is 5.96. The first kappa shape index (κ1) is 24.8. The smallest absolute Gasteiger partial charge is 0.366 e. The number of amides is 1. The maximum Gasteiger partial charge on any atom is 0.366 e. The van der Waals surface area contributed by atoms with Gasteiger partial charge in [0.25, 0.3) is 12.1 Å². The third-order valence-electron chi connectivity index (χ3n) is 5.06. The number of carbonyl (C=O) groups excluding carboxylic acids is 1. The van der Waals surface area contributed by atoms with Crippen molar-refractivity contribution in [3.8, 4) is 11.5 Å². The minimum absolute atomic E-state index is 0.307. The van der Waals surface area contributed by atoms with Crippen LogP contribution in [0.5, 0.6) is 11.5 Å². The number of nitrogens with one attached hydrogen (secondary N) is 1. The van der Waals surface area contributed by atoms with E-state index in [-0.39, 0.29) is 0 Å². The molecule has 0 aromatic heterocycles. The molecular weight excluding hydrogens is 434 g/mol. The number of aryl methyl sites for hydroxylation is 1. The van der Waals surface area contributed by atoms with E-state index in [0.29, 0.717) is 30.3 Å².